The van der Waals surface area contributed by atoms with Crippen LogP contribution in [0, 0.1) is 5.92 Å². The molecule has 28 heavy (non-hydrogen) atoms. The molecule has 1 amide bonds. The van der Waals surface area contributed by atoms with E-state index >= 15 is 0 Å². The summed E-state index contributed by atoms with van der Waals surface area (Å²) in [5, 5.41) is 2.72. The van der Waals surface area contributed by atoms with Crippen molar-refractivity contribution in [3.05, 3.63) is 53.6 Å². The van der Waals surface area contributed by atoms with Crippen LogP contribution in [0.4, 0.5) is 13.2 Å². The Morgan fingerprint density at radius 3 is 2.57 bits per heavy atom. The van der Waals surface area contributed by atoms with Crippen molar-refractivity contribution in [1.29, 1.82) is 0 Å². The fourth-order valence-electron chi connectivity index (χ4n) is 3.52. The van der Waals surface area contributed by atoms with E-state index in [9.17, 15) is 18.0 Å². The summed E-state index contributed by atoms with van der Waals surface area (Å²) in [6.07, 6.45) is 1.60. The average molecular weight is 393 g/mol. The van der Waals surface area contributed by atoms with Crippen molar-refractivity contribution in [2.45, 2.75) is 44.3 Å². The number of carbonyl (C=O) groups is 1. The van der Waals surface area contributed by atoms with Crippen LogP contribution < -0.4 is 11.1 Å². The van der Waals surface area contributed by atoms with Crippen LogP contribution in [0.2, 0.25) is 0 Å². The first-order chi connectivity index (χ1) is 13.3. The Labute approximate surface area is 163 Å². The highest BCUT2D eigenvalue weighted by Crippen LogP contribution is 2.43. The van der Waals surface area contributed by atoms with Gasteiger partial charge < -0.3 is 11.1 Å². The number of allylic oxidation sites excluding steroid dienone is 1. The second-order valence-electron chi connectivity index (χ2n) is 6.96. The maximum absolute atomic E-state index is 12.9. The van der Waals surface area contributed by atoms with Gasteiger partial charge in [-0.15, -0.1) is 0 Å². The van der Waals surface area contributed by atoms with Crippen LogP contribution in [0.1, 0.15) is 48.3 Å². The van der Waals surface area contributed by atoms with Gasteiger partial charge in [-0.1, -0.05) is 18.7 Å². The molecule has 1 aliphatic rings. The molecule has 0 aromatic heterocycles. The molecular weight excluding hydrogens is 367 g/mol. The number of halogens is 3. The van der Waals surface area contributed by atoms with Crippen molar-refractivity contribution in [2.75, 3.05) is 7.05 Å². The molecule has 7 heteroatoms. The van der Waals surface area contributed by atoms with Crippen LogP contribution in [-0.4, -0.2) is 25.3 Å². The van der Waals surface area contributed by atoms with E-state index < -0.39 is 12.1 Å². The van der Waals surface area contributed by atoms with Gasteiger partial charge in [0.2, 0.25) is 5.91 Å². The number of rotatable bonds is 6. The van der Waals surface area contributed by atoms with Gasteiger partial charge in [0.1, 0.15) is 0 Å². The van der Waals surface area contributed by atoms with E-state index in [2.05, 4.69) is 16.9 Å². The van der Waals surface area contributed by atoms with Gasteiger partial charge in [-0.25, -0.2) is 0 Å². The minimum Gasteiger partial charge on any atom is -0.398 e. The normalized spacial score (nSPS) is 20.9. The van der Waals surface area contributed by atoms with Crippen LogP contribution in [0.25, 0.3) is 5.70 Å². The molecule has 4 nitrogen and oxygen atoms in total. The average Bonchev–Trinajstić information content (AvgIpc) is 2.69. The number of carbonyl (C=O) groups excluding carboxylic acids is 1. The Hall–Kier alpha value is -2.57. The molecule has 0 atom stereocenters. The smallest absolute Gasteiger partial charge is 0.391 e. The van der Waals surface area contributed by atoms with Crippen molar-refractivity contribution >= 4 is 17.8 Å². The SMILES string of the molecule is C=CC(=O)NCc1ccc(C2CCC(C(F)(F)F)CC2)cc1/C(N)=C/C=NC. The molecule has 0 radical (unpaired) electrons. The van der Waals surface area contributed by atoms with E-state index in [1.807, 2.05) is 18.2 Å². The standard InChI is InChI=1S/C21H26F3N3O/c1-3-20(28)27-13-16-5-4-15(12-18(16)19(25)10-11-26-2)14-6-8-17(9-7-14)21(22,23)24/h3-5,10-12,14,17H,1,6-9,13,25H2,2H3,(H,27,28)/b19-10-,26-11?. The fraction of sp³-hybridized carbons (Fsp3) is 0.429. The van der Waals surface area contributed by atoms with Crippen LogP contribution in [-0.2, 0) is 11.3 Å². The van der Waals surface area contributed by atoms with Gasteiger partial charge in [0.05, 0.1) is 5.92 Å². The number of nitrogens with one attached hydrogen (secondary N) is 1. The molecule has 3 N–H and O–H groups in total. The van der Waals surface area contributed by atoms with Crippen molar-refractivity contribution in [3.8, 4) is 0 Å². The Morgan fingerprint density at radius 1 is 1.32 bits per heavy atom. The summed E-state index contributed by atoms with van der Waals surface area (Å²) in [5.41, 5.74) is 9.21. The minimum absolute atomic E-state index is 0.0711. The topological polar surface area (TPSA) is 67.5 Å². The lowest BCUT2D eigenvalue weighted by molar-refractivity contribution is -0.182. The first kappa shape index (κ1) is 21.7. The van der Waals surface area contributed by atoms with E-state index in [0.29, 0.717) is 18.5 Å². The van der Waals surface area contributed by atoms with Crippen molar-refractivity contribution in [2.24, 2.45) is 16.6 Å². The molecule has 0 spiro atoms. The highest BCUT2D eigenvalue weighted by Gasteiger charge is 2.41. The number of hydrogen-bond acceptors (Lipinski definition) is 3. The van der Waals surface area contributed by atoms with Gasteiger partial charge in [-0.2, -0.15) is 13.2 Å². The zero-order chi connectivity index (χ0) is 20.7. The van der Waals surface area contributed by atoms with Gasteiger partial charge in [0.15, 0.2) is 0 Å². The second kappa shape index (κ2) is 9.57. The van der Waals surface area contributed by atoms with Crippen molar-refractivity contribution in [3.63, 3.8) is 0 Å². The monoisotopic (exact) mass is 393 g/mol. The summed E-state index contributed by atoms with van der Waals surface area (Å²) >= 11 is 0. The van der Waals surface area contributed by atoms with Gasteiger partial charge >= 0.3 is 6.18 Å². The molecule has 0 saturated heterocycles. The Bertz CT molecular complexity index is 761. The molecule has 0 aliphatic heterocycles. The van der Waals surface area contributed by atoms with Crippen LogP contribution in [0.3, 0.4) is 0 Å². The number of nitrogens with zero attached hydrogens (tertiary/aromatic N) is 1. The molecule has 0 heterocycles. The maximum atomic E-state index is 12.9. The predicted octanol–water partition coefficient (Wildman–Crippen LogP) is 4.33. The highest BCUT2D eigenvalue weighted by molar-refractivity contribution is 5.87. The van der Waals surface area contributed by atoms with E-state index in [-0.39, 0.29) is 31.2 Å². The lowest BCUT2D eigenvalue weighted by Gasteiger charge is -2.30. The summed E-state index contributed by atoms with van der Waals surface area (Å²) in [6, 6.07) is 5.70. The maximum Gasteiger partial charge on any atom is 0.391 e. The highest BCUT2D eigenvalue weighted by atomic mass is 19.4. The summed E-state index contributed by atoms with van der Waals surface area (Å²) in [5.74, 6) is -1.43. The van der Waals surface area contributed by atoms with E-state index in [1.165, 1.54) is 6.08 Å². The molecule has 2 rings (SSSR count). The number of nitrogens with two attached hydrogens (primary N) is 1. The predicted molar refractivity (Wildman–Crippen MR) is 106 cm³/mol. The van der Waals surface area contributed by atoms with E-state index in [4.69, 9.17) is 5.73 Å². The van der Waals surface area contributed by atoms with E-state index in [1.54, 1.807) is 19.3 Å². The number of hydrogen-bond donors (Lipinski definition) is 2. The third-order valence-electron chi connectivity index (χ3n) is 5.15. The summed E-state index contributed by atoms with van der Waals surface area (Å²) in [6.45, 7) is 3.70. The molecule has 1 fully saturated rings. The lowest BCUT2D eigenvalue weighted by Crippen LogP contribution is -2.27. The Morgan fingerprint density at radius 2 is 2.00 bits per heavy atom. The Kier molecular flexibility index (Phi) is 7.43. The number of aliphatic imine (C=N–C) groups is 1. The third-order valence-corrected chi connectivity index (χ3v) is 5.15. The second-order valence-corrected chi connectivity index (χ2v) is 6.96. The molecule has 1 aromatic carbocycles. The van der Waals surface area contributed by atoms with Crippen LogP contribution >= 0.6 is 0 Å². The molecular formula is C21H26F3N3O. The first-order valence-electron chi connectivity index (χ1n) is 9.24. The quantitative estimate of drug-likeness (QED) is 0.558. The van der Waals surface area contributed by atoms with Gasteiger partial charge in [-0.05, 0) is 60.9 Å². The van der Waals surface area contributed by atoms with Gasteiger partial charge in [0, 0.05) is 31.1 Å². The third kappa shape index (κ3) is 5.71. The van der Waals surface area contributed by atoms with E-state index in [0.717, 1.165) is 16.7 Å². The first-order valence-corrected chi connectivity index (χ1v) is 9.24. The summed E-state index contributed by atoms with van der Waals surface area (Å²) < 4.78 is 38.7. The van der Waals surface area contributed by atoms with Gasteiger partial charge in [0.25, 0.3) is 0 Å². The largest absolute Gasteiger partial charge is 0.398 e. The summed E-state index contributed by atoms with van der Waals surface area (Å²) in [7, 11) is 1.63. The van der Waals surface area contributed by atoms with Crippen molar-refractivity contribution < 1.29 is 18.0 Å². The molecule has 0 unspecified atom stereocenters. The molecule has 1 aromatic rings. The van der Waals surface area contributed by atoms with Crippen LogP contribution in [0.5, 0.6) is 0 Å². The molecule has 0 bridgehead atoms. The number of benzene rings is 1. The Balaban J connectivity index is 2.25. The number of amides is 1. The zero-order valence-corrected chi connectivity index (χ0v) is 15.9. The zero-order valence-electron chi connectivity index (χ0n) is 15.9. The lowest BCUT2D eigenvalue weighted by atomic mass is 9.78. The molecule has 152 valence electrons. The van der Waals surface area contributed by atoms with Crippen LogP contribution in [0.15, 0.2) is 41.9 Å². The van der Waals surface area contributed by atoms with Crippen molar-refractivity contribution in [1.82, 2.24) is 5.32 Å². The van der Waals surface area contributed by atoms with Gasteiger partial charge in [-0.3, -0.25) is 9.79 Å². The minimum atomic E-state index is -4.12. The fourth-order valence-corrected chi connectivity index (χ4v) is 3.52. The number of alkyl halides is 3. The summed E-state index contributed by atoms with van der Waals surface area (Å²) in [4.78, 5) is 15.4. The molecule has 1 aliphatic carbocycles. The molecule has 1 saturated carbocycles.